The highest BCUT2D eigenvalue weighted by Crippen LogP contribution is 2.19. The fraction of sp³-hybridized carbons (Fsp3) is 0.600. The van der Waals surface area contributed by atoms with E-state index in [0.29, 0.717) is 18.1 Å². The monoisotopic (exact) mass is 375 g/mol. The zero-order valence-corrected chi connectivity index (χ0v) is 12.1. The van der Waals surface area contributed by atoms with E-state index in [9.17, 15) is 13.2 Å². The summed E-state index contributed by atoms with van der Waals surface area (Å²) in [6.45, 7) is 2.81. The SMILES string of the molecule is CCNc1nc(COCC(F)(F)F)nc(C)c1I. The molecule has 0 amide bonds. The normalized spacial score (nSPS) is 11.7. The lowest BCUT2D eigenvalue weighted by molar-refractivity contribution is -0.177. The molecule has 1 heterocycles. The molecule has 102 valence electrons. The molecule has 0 aliphatic heterocycles. The minimum absolute atomic E-state index is 0.244. The number of halogens is 4. The first-order chi connectivity index (χ1) is 8.33. The Morgan fingerprint density at radius 2 is 2.00 bits per heavy atom. The van der Waals surface area contributed by atoms with Gasteiger partial charge in [0, 0.05) is 6.54 Å². The smallest absolute Gasteiger partial charge is 0.369 e. The van der Waals surface area contributed by atoms with Crippen molar-refractivity contribution in [2.45, 2.75) is 26.6 Å². The van der Waals surface area contributed by atoms with E-state index in [1.807, 2.05) is 6.92 Å². The number of ether oxygens (including phenoxy) is 1. The summed E-state index contributed by atoms with van der Waals surface area (Å²) in [6, 6.07) is 0. The molecule has 0 aliphatic carbocycles. The van der Waals surface area contributed by atoms with E-state index in [1.54, 1.807) is 6.92 Å². The number of nitrogens with zero attached hydrogens (tertiary/aromatic N) is 2. The molecule has 0 spiro atoms. The number of aryl methyl sites for hydroxylation is 1. The lowest BCUT2D eigenvalue weighted by atomic mass is 10.4. The van der Waals surface area contributed by atoms with E-state index in [4.69, 9.17) is 0 Å². The van der Waals surface area contributed by atoms with E-state index in [2.05, 4.69) is 42.6 Å². The molecule has 4 nitrogen and oxygen atoms in total. The average Bonchev–Trinajstić information content (AvgIpc) is 2.23. The number of anilines is 1. The summed E-state index contributed by atoms with van der Waals surface area (Å²) < 4.78 is 41.2. The van der Waals surface area contributed by atoms with Crippen molar-refractivity contribution >= 4 is 28.4 Å². The van der Waals surface area contributed by atoms with Gasteiger partial charge in [0.15, 0.2) is 5.82 Å². The van der Waals surface area contributed by atoms with Gasteiger partial charge in [-0.15, -0.1) is 0 Å². The molecule has 0 saturated carbocycles. The number of aromatic nitrogens is 2. The first-order valence-corrected chi connectivity index (χ1v) is 6.32. The van der Waals surface area contributed by atoms with Gasteiger partial charge in [0.2, 0.25) is 0 Å². The van der Waals surface area contributed by atoms with Crippen LogP contribution in [0.1, 0.15) is 18.4 Å². The molecule has 1 rings (SSSR count). The number of hydrogen-bond acceptors (Lipinski definition) is 4. The van der Waals surface area contributed by atoms with E-state index in [-0.39, 0.29) is 12.4 Å². The Labute approximate surface area is 116 Å². The maximum absolute atomic E-state index is 11.9. The quantitative estimate of drug-likeness (QED) is 0.805. The van der Waals surface area contributed by atoms with Gasteiger partial charge in [0.1, 0.15) is 19.0 Å². The van der Waals surface area contributed by atoms with Crippen molar-refractivity contribution in [3.05, 3.63) is 15.1 Å². The highest BCUT2D eigenvalue weighted by molar-refractivity contribution is 14.1. The molecule has 18 heavy (non-hydrogen) atoms. The fourth-order valence-electron chi connectivity index (χ4n) is 1.22. The molecular weight excluding hydrogens is 362 g/mol. The highest BCUT2D eigenvalue weighted by Gasteiger charge is 2.27. The van der Waals surface area contributed by atoms with Gasteiger partial charge >= 0.3 is 6.18 Å². The number of alkyl halides is 3. The molecule has 0 fully saturated rings. The molecule has 0 atom stereocenters. The zero-order chi connectivity index (χ0) is 13.8. The van der Waals surface area contributed by atoms with Crippen LogP contribution in [0.15, 0.2) is 0 Å². The summed E-state index contributed by atoms with van der Waals surface area (Å²) in [6.07, 6.45) is -4.33. The fourth-order valence-corrected chi connectivity index (χ4v) is 1.66. The molecular formula is C10H13F3IN3O. The van der Waals surface area contributed by atoms with Gasteiger partial charge in [-0.05, 0) is 36.4 Å². The van der Waals surface area contributed by atoms with Gasteiger partial charge < -0.3 is 10.1 Å². The van der Waals surface area contributed by atoms with E-state index >= 15 is 0 Å². The second kappa shape index (κ2) is 6.50. The predicted octanol–water partition coefficient (Wildman–Crippen LogP) is 2.90. The Hall–Kier alpha value is -0.640. The number of rotatable bonds is 5. The third-order valence-electron chi connectivity index (χ3n) is 1.90. The van der Waals surface area contributed by atoms with Gasteiger partial charge in [-0.25, -0.2) is 9.97 Å². The van der Waals surface area contributed by atoms with Crippen molar-refractivity contribution in [2.75, 3.05) is 18.5 Å². The lowest BCUT2D eigenvalue weighted by Gasteiger charge is -2.11. The largest absolute Gasteiger partial charge is 0.411 e. The third-order valence-corrected chi connectivity index (χ3v) is 3.20. The topological polar surface area (TPSA) is 47.0 Å². The van der Waals surface area contributed by atoms with Crippen LogP contribution in [0.25, 0.3) is 0 Å². The Morgan fingerprint density at radius 1 is 1.33 bits per heavy atom. The van der Waals surface area contributed by atoms with Gasteiger partial charge in [0.25, 0.3) is 0 Å². The molecule has 0 unspecified atom stereocenters. The van der Waals surface area contributed by atoms with Crippen molar-refractivity contribution < 1.29 is 17.9 Å². The van der Waals surface area contributed by atoms with E-state index < -0.39 is 12.8 Å². The van der Waals surface area contributed by atoms with Crippen LogP contribution in [0.5, 0.6) is 0 Å². The van der Waals surface area contributed by atoms with Crippen molar-refractivity contribution in [2.24, 2.45) is 0 Å². The van der Waals surface area contributed by atoms with Crippen LogP contribution in [0, 0.1) is 10.5 Å². The van der Waals surface area contributed by atoms with Crippen LogP contribution in [-0.4, -0.2) is 29.3 Å². The summed E-state index contributed by atoms with van der Waals surface area (Å²) in [5.41, 5.74) is 0.715. The minimum Gasteiger partial charge on any atom is -0.369 e. The number of hydrogen-bond donors (Lipinski definition) is 1. The van der Waals surface area contributed by atoms with Gasteiger partial charge in [0.05, 0.1) is 9.26 Å². The van der Waals surface area contributed by atoms with Crippen LogP contribution >= 0.6 is 22.6 Å². The van der Waals surface area contributed by atoms with Crippen LogP contribution in [0.2, 0.25) is 0 Å². The summed E-state index contributed by atoms with van der Waals surface area (Å²) >= 11 is 2.09. The van der Waals surface area contributed by atoms with Crippen molar-refractivity contribution in [3.8, 4) is 0 Å². The Balaban J connectivity index is 2.72. The van der Waals surface area contributed by atoms with Crippen LogP contribution in [-0.2, 0) is 11.3 Å². The molecule has 1 aromatic rings. The van der Waals surface area contributed by atoms with Crippen molar-refractivity contribution in [3.63, 3.8) is 0 Å². The molecule has 0 saturated heterocycles. The second-order valence-electron chi connectivity index (χ2n) is 3.53. The maximum Gasteiger partial charge on any atom is 0.411 e. The summed E-state index contributed by atoms with van der Waals surface area (Å²) in [7, 11) is 0. The first kappa shape index (κ1) is 15.4. The highest BCUT2D eigenvalue weighted by atomic mass is 127. The minimum atomic E-state index is -4.33. The molecule has 0 bridgehead atoms. The van der Waals surface area contributed by atoms with E-state index in [0.717, 1.165) is 3.57 Å². The van der Waals surface area contributed by atoms with Crippen LogP contribution in [0.4, 0.5) is 19.0 Å². The van der Waals surface area contributed by atoms with Crippen molar-refractivity contribution in [1.82, 2.24) is 9.97 Å². The zero-order valence-electron chi connectivity index (χ0n) is 9.94. The molecule has 8 heteroatoms. The summed E-state index contributed by atoms with van der Waals surface area (Å²) in [4.78, 5) is 8.20. The van der Waals surface area contributed by atoms with Gasteiger partial charge in [-0.1, -0.05) is 0 Å². The first-order valence-electron chi connectivity index (χ1n) is 5.25. The second-order valence-corrected chi connectivity index (χ2v) is 4.60. The molecule has 1 N–H and O–H groups in total. The Morgan fingerprint density at radius 3 is 2.56 bits per heavy atom. The Kier molecular flexibility index (Phi) is 5.57. The van der Waals surface area contributed by atoms with Crippen LogP contribution in [0.3, 0.4) is 0 Å². The molecule has 0 aromatic carbocycles. The summed E-state index contributed by atoms with van der Waals surface area (Å²) in [5.74, 6) is 0.865. The maximum atomic E-state index is 11.9. The van der Waals surface area contributed by atoms with Crippen LogP contribution < -0.4 is 5.32 Å². The predicted molar refractivity (Wildman–Crippen MR) is 69.4 cm³/mol. The molecule has 0 aliphatic rings. The van der Waals surface area contributed by atoms with E-state index in [1.165, 1.54) is 0 Å². The lowest BCUT2D eigenvalue weighted by Crippen LogP contribution is -2.18. The average molecular weight is 375 g/mol. The van der Waals surface area contributed by atoms with Gasteiger partial charge in [-0.3, -0.25) is 0 Å². The van der Waals surface area contributed by atoms with Gasteiger partial charge in [-0.2, -0.15) is 13.2 Å². The standard InChI is InChI=1S/C10H13F3IN3O/c1-3-15-9-8(14)6(2)16-7(17-9)4-18-5-10(11,12)13/h3-5H2,1-2H3,(H,15,16,17). The molecule has 1 aromatic heterocycles. The number of nitrogens with one attached hydrogen (secondary N) is 1. The molecule has 0 radical (unpaired) electrons. The van der Waals surface area contributed by atoms with Crippen molar-refractivity contribution in [1.29, 1.82) is 0 Å². The Bertz CT molecular complexity index is 412. The summed E-state index contributed by atoms with van der Waals surface area (Å²) in [5, 5.41) is 3.03. The third kappa shape index (κ3) is 4.92.